The van der Waals surface area contributed by atoms with Crippen LogP contribution in [0.2, 0.25) is 0 Å². The first-order chi connectivity index (χ1) is 7.31. The molecular weight excluding hydrogens is 274 g/mol. The molecule has 2 heterocycles. The third kappa shape index (κ3) is 2.22. The van der Waals surface area contributed by atoms with Gasteiger partial charge in [-0.3, -0.25) is 4.98 Å². The third-order valence-electron chi connectivity index (χ3n) is 1.80. The van der Waals surface area contributed by atoms with E-state index in [-0.39, 0.29) is 0 Å². The lowest BCUT2D eigenvalue weighted by atomic mass is 10.3. The molecule has 2 aromatic heterocycles. The van der Waals surface area contributed by atoms with Gasteiger partial charge in [-0.15, -0.1) is 11.3 Å². The molecule has 0 radical (unpaired) electrons. The van der Waals surface area contributed by atoms with Gasteiger partial charge in [0, 0.05) is 18.0 Å². The van der Waals surface area contributed by atoms with Gasteiger partial charge in [0.2, 0.25) is 0 Å². The van der Waals surface area contributed by atoms with Crippen LogP contribution in [-0.2, 0) is 6.42 Å². The fourth-order valence-corrected chi connectivity index (χ4v) is 2.62. The zero-order valence-corrected chi connectivity index (χ0v) is 10.0. The van der Waals surface area contributed by atoms with Crippen LogP contribution in [0.15, 0.2) is 28.3 Å². The van der Waals surface area contributed by atoms with Gasteiger partial charge in [-0.2, -0.15) is 5.26 Å². The van der Waals surface area contributed by atoms with Crippen LogP contribution in [0.3, 0.4) is 0 Å². The normalized spacial score (nSPS) is 9.87. The molecule has 0 aromatic carbocycles. The van der Waals surface area contributed by atoms with Crippen LogP contribution < -0.4 is 0 Å². The summed E-state index contributed by atoms with van der Waals surface area (Å²) in [5.41, 5.74) is 1.77. The minimum Gasteiger partial charge on any atom is -0.264 e. The summed E-state index contributed by atoms with van der Waals surface area (Å²) in [6.07, 6.45) is 3.82. The lowest BCUT2D eigenvalue weighted by Crippen LogP contribution is -1.83. The van der Waals surface area contributed by atoms with Crippen molar-refractivity contribution in [3.05, 3.63) is 34.0 Å². The number of nitrogens with zero attached hydrogens (tertiary/aromatic N) is 3. The Balaban J connectivity index is 2.40. The summed E-state index contributed by atoms with van der Waals surface area (Å²) < 4.78 is 0.919. The van der Waals surface area contributed by atoms with Crippen molar-refractivity contribution in [2.24, 2.45) is 0 Å². The monoisotopic (exact) mass is 279 g/mol. The van der Waals surface area contributed by atoms with Crippen molar-refractivity contribution in [1.82, 2.24) is 9.97 Å². The Kier molecular flexibility index (Phi) is 3.09. The van der Waals surface area contributed by atoms with Crippen LogP contribution in [0.25, 0.3) is 10.6 Å². The van der Waals surface area contributed by atoms with Gasteiger partial charge in [0.05, 0.1) is 22.0 Å². The number of nitriles is 1. The number of hydrogen-bond acceptors (Lipinski definition) is 4. The van der Waals surface area contributed by atoms with Gasteiger partial charge in [0.15, 0.2) is 0 Å². The molecule has 0 N–H and O–H groups in total. The van der Waals surface area contributed by atoms with Gasteiger partial charge < -0.3 is 0 Å². The van der Waals surface area contributed by atoms with Crippen LogP contribution in [0.5, 0.6) is 0 Å². The van der Waals surface area contributed by atoms with Crippen molar-refractivity contribution in [3.8, 4) is 16.6 Å². The summed E-state index contributed by atoms with van der Waals surface area (Å²) in [7, 11) is 0. The van der Waals surface area contributed by atoms with E-state index in [4.69, 9.17) is 5.26 Å². The number of halogens is 1. The Morgan fingerprint density at radius 3 is 3.07 bits per heavy atom. The van der Waals surface area contributed by atoms with Crippen LogP contribution in [0, 0.1) is 11.3 Å². The van der Waals surface area contributed by atoms with Crippen molar-refractivity contribution in [2.75, 3.05) is 0 Å². The Morgan fingerprint density at radius 1 is 1.53 bits per heavy atom. The zero-order chi connectivity index (χ0) is 10.7. The first kappa shape index (κ1) is 10.3. The Bertz CT molecular complexity index is 501. The summed E-state index contributed by atoms with van der Waals surface area (Å²) in [6, 6.07) is 5.91. The summed E-state index contributed by atoms with van der Waals surface area (Å²) in [4.78, 5) is 8.41. The highest BCUT2D eigenvalue weighted by Gasteiger charge is 2.09. The van der Waals surface area contributed by atoms with Crippen LogP contribution in [-0.4, -0.2) is 9.97 Å². The van der Waals surface area contributed by atoms with Gasteiger partial charge in [-0.05, 0) is 28.1 Å². The lowest BCUT2D eigenvalue weighted by Gasteiger charge is -1.91. The maximum atomic E-state index is 8.61. The fourth-order valence-electron chi connectivity index (χ4n) is 1.13. The predicted molar refractivity (Wildman–Crippen MR) is 62.4 cm³/mol. The van der Waals surface area contributed by atoms with E-state index in [2.05, 4.69) is 32.0 Å². The maximum absolute atomic E-state index is 8.61. The summed E-state index contributed by atoms with van der Waals surface area (Å²) in [6.45, 7) is 0. The molecular formula is C10H6BrN3S. The van der Waals surface area contributed by atoms with E-state index in [1.807, 2.05) is 12.1 Å². The summed E-state index contributed by atoms with van der Waals surface area (Å²) in [5.74, 6) is 0. The second-order valence-corrected chi connectivity index (χ2v) is 5.13. The first-order valence-electron chi connectivity index (χ1n) is 4.24. The number of pyridine rings is 1. The Hall–Kier alpha value is -1.25. The highest BCUT2D eigenvalue weighted by atomic mass is 79.9. The van der Waals surface area contributed by atoms with Gasteiger partial charge in [-0.25, -0.2) is 4.98 Å². The molecule has 0 aliphatic carbocycles. The lowest BCUT2D eigenvalue weighted by molar-refractivity contribution is 1.15. The molecule has 0 amide bonds. The fraction of sp³-hybridized carbons (Fsp3) is 0.100. The van der Waals surface area contributed by atoms with Crippen molar-refractivity contribution in [2.45, 2.75) is 6.42 Å². The van der Waals surface area contributed by atoms with E-state index in [0.29, 0.717) is 6.42 Å². The molecule has 0 aliphatic rings. The molecule has 0 spiro atoms. The average molecular weight is 280 g/mol. The highest BCUT2D eigenvalue weighted by molar-refractivity contribution is 9.11. The SMILES string of the molecule is N#CCc1nc(-c2cccnc2)sc1Br. The minimum atomic E-state index is 0.331. The molecule has 0 aliphatic heterocycles. The zero-order valence-electron chi connectivity index (χ0n) is 7.64. The molecule has 5 heteroatoms. The van der Waals surface area contributed by atoms with E-state index in [1.165, 1.54) is 11.3 Å². The van der Waals surface area contributed by atoms with E-state index in [1.54, 1.807) is 12.4 Å². The smallest absolute Gasteiger partial charge is 0.126 e. The molecule has 0 fully saturated rings. The highest BCUT2D eigenvalue weighted by Crippen LogP contribution is 2.31. The Labute approximate surface area is 99.6 Å². The largest absolute Gasteiger partial charge is 0.264 e. The van der Waals surface area contributed by atoms with Gasteiger partial charge in [-0.1, -0.05) is 0 Å². The summed E-state index contributed by atoms with van der Waals surface area (Å²) in [5, 5.41) is 9.49. The van der Waals surface area contributed by atoms with Crippen molar-refractivity contribution in [3.63, 3.8) is 0 Å². The maximum Gasteiger partial charge on any atom is 0.126 e. The number of rotatable bonds is 2. The van der Waals surface area contributed by atoms with Crippen LogP contribution >= 0.6 is 27.3 Å². The molecule has 74 valence electrons. The molecule has 2 rings (SSSR count). The number of aromatic nitrogens is 2. The first-order valence-corrected chi connectivity index (χ1v) is 5.85. The number of thiazole rings is 1. The molecule has 0 bridgehead atoms. The third-order valence-corrected chi connectivity index (χ3v) is 3.68. The molecule has 3 nitrogen and oxygen atoms in total. The molecule has 2 aromatic rings. The van der Waals surface area contributed by atoms with E-state index < -0.39 is 0 Å². The molecule has 0 saturated heterocycles. The van der Waals surface area contributed by atoms with Gasteiger partial charge >= 0.3 is 0 Å². The van der Waals surface area contributed by atoms with E-state index >= 15 is 0 Å². The van der Waals surface area contributed by atoms with Gasteiger partial charge in [0.25, 0.3) is 0 Å². The van der Waals surface area contributed by atoms with Crippen LogP contribution in [0.1, 0.15) is 5.69 Å². The van der Waals surface area contributed by atoms with Crippen molar-refractivity contribution >= 4 is 27.3 Å². The second kappa shape index (κ2) is 4.51. The standard InChI is InChI=1S/C10H6BrN3S/c11-9-8(3-4-12)14-10(15-9)7-2-1-5-13-6-7/h1-2,5-6H,3H2. The van der Waals surface area contributed by atoms with Gasteiger partial charge in [0.1, 0.15) is 5.01 Å². The van der Waals surface area contributed by atoms with E-state index in [0.717, 1.165) is 20.1 Å². The average Bonchev–Trinajstić information content (AvgIpc) is 2.63. The predicted octanol–water partition coefficient (Wildman–Crippen LogP) is 3.03. The Morgan fingerprint density at radius 2 is 2.40 bits per heavy atom. The molecule has 15 heavy (non-hydrogen) atoms. The molecule has 0 unspecified atom stereocenters. The second-order valence-electron chi connectivity index (χ2n) is 2.82. The van der Waals surface area contributed by atoms with E-state index in [9.17, 15) is 0 Å². The quantitative estimate of drug-likeness (QED) is 0.849. The van der Waals surface area contributed by atoms with Crippen molar-refractivity contribution in [1.29, 1.82) is 5.26 Å². The summed E-state index contributed by atoms with van der Waals surface area (Å²) >= 11 is 4.92. The molecule has 0 atom stereocenters. The topological polar surface area (TPSA) is 49.6 Å². The minimum absolute atomic E-state index is 0.331. The van der Waals surface area contributed by atoms with Crippen LogP contribution in [0.4, 0.5) is 0 Å². The molecule has 0 saturated carbocycles. The van der Waals surface area contributed by atoms with Crippen molar-refractivity contribution < 1.29 is 0 Å². The number of hydrogen-bond donors (Lipinski definition) is 0.